The average molecular weight is 144 g/mol. The fraction of sp³-hybridized carbons (Fsp3) is 0.750. The summed E-state index contributed by atoms with van der Waals surface area (Å²) in [6.07, 6.45) is 3.84. The average Bonchev–Trinajstić information content (AvgIpc) is 1.99. The first kappa shape index (κ1) is 9.66. The molecule has 0 amide bonds. The number of aliphatic hydroxyl groups is 2. The highest BCUT2D eigenvalue weighted by Gasteiger charge is 1.95. The van der Waals surface area contributed by atoms with Gasteiger partial charge in [0.25, 0.3) is 0 Å². The molecule has 0 bridgehead atoms. The lowest BCUT2D eigenvalue weighted by molar-refractivity contribution is 0.254. The van der Waals surface area contributed by atoms with Gasteiger partial charge in [-0.2, -0.15) is 0 Å². The molecule has 0 heterocycles. The van der Waals surface area contributed by atoms with Gasteiger partial charge in [-0.15, -0.1) is 0 Å². The van der Waals surface area contributed by atoms with Crippen LogP contribution in [0.3, 0.4) is 0 Å². The molecule has 2 atom stereocenters. The summed E-state index contributed by atoms with van der Waals surface area (Å²) in [6, 6.07) is 0. The van der Waals surface area contributed by atoms with Gasteiger partial charge in [0.1, 0.15) is 0 Å². The van der Waals surface area contributed by atoms with Crippen molar-refractivity contribution in [3.63, 3.8) is 0 Å². The van der Waals surface area contributed by atoms with Gasteiger partial charge in [-0.25, -0.2) is 0 Å². The molecule has 0 aliphatic rings. The van der Waals surface area contributed by atoms with E-state index in [-0.39, 0.29) is 25.0 Å². The first-order valence-corrected chi connectivity index (χ1v) is 3.60. The maximum Gasteiger partial charge on any atom is 0.0491 e. The van der Waals surface area contributed by atoms with Crippen LogP contribution in [0.5, 0.6) is 0 Å². The van der Waals surface area contributed by atoms with Crippen LogP contribution in [0.1, 0.15) is 13.8 Å². The van der Waals surface area contributed by atoms with Gasteiger partial charge in [-0.3, -0.25) is 0 Å². The summed E-state index contributed by atoms with van der Waals surface area (Å²) in [5.41, 5.74) is 0. The predicted octanol–water partition coefficient (Wildman–Crippen LogP) is 0.799. The zero-order valence-corrected chi connectivity index (χ0v) is 6.62. The lowest BCUT2D eigenvalue weighted by Crippen LogP contribution is -1.99. The minimum absolute atomic E-state index is 0.175. The molecule has 10 heavy (non-hydrogen) atoms. The summed E-state index contributed by atoms with van der Waals surface area (Å²) < 4.78 is 0. The van der Waals surface area contributed by atoms with Gasteiger partial charge in [0.15, 0.2) is 0 Å². The van der Waals surface area contributed by atoms with Gasteiger partial charge in [0, 0.05) is 13.2 Å². The molecular formula is C8H16O2. The van der Waals surface area contributed by atoms with Crippen molar-refractivity contribution in [2.24, 2.45) is 11.8 Å². The summed E-state index contributed by atoms with van der Waals surface area (Å²) in [7, 11) is 0. The maximum atomic E-state index is 8.61. The fourth-order valence-corrected chi connectivity index (χ4v) is 0.501. The minimum Gasteiger partial charge on any atom is -0.396 e. The summed E-state index contributed by atoms with van der Waals surface area (Å²) in [5, 5.41) is 17.2. The van der Waals surface area contributed by atoms with Crippen LogP contribution in [0.4, 0.5) is 0 Å². The topological polar surface area (TPSA) is 40.5 Å². The van der Waals surface area contributed by atoms with Crippen molar-refractivity contribution in [3.05, 3.63) is 12.2 Å². The van der Waals surface area contributed by atoms with Crippen molar-refractivity contribution in [3.8, 4) is 0 Å². The molecule has 0 saturated carbocycles. The molecule has 2 nitrogen and oxygen atoms in total. The van der Waals surface area contributed by atoms with Crippen LogP contribution in [-0.4, -0.2) is 23.4 Å². The first-order chi connectivity index (χ1) is 4.70. The van der Waals surface area contributed by atoms with E-state index in [2.05, 4.69) is 0 Å². The van der Waals surface area contributed by atoms with E-state index in [4.69, 9.17) is 10.2 Å². The molecule has 0 aliphatic carbocycles. The SMILES string of the molecule is CC(C=CC(C)CO)CO. The molecule has 0 fully saturated rings. The van der Waals surface area contributed by atoms with E-state index in [1.807, 2.05) is 26.0 Å². The van der Waals surface area contributed by atoms with Crippen molar-refractivity contribution in [2.75, 3.05) is 13.2 Å². The van der Waals surface area contributed by atoms with Gasteiger partial charge in [-0.1, -0.05) is 26.0 Å². The Morgan fingerprint density at radius 2 is 1.30 bits per heavy atom. The van der Waals surface area contributed by atoms with Crippen LogP contribution in [-0.2, 0) is 0 Å². The lowest BCUT2D eigenvalue weighted by atomic mass is 10.1. The second-order valence-electron chi connectivity index (χ2n) is 2.70. The van der Waals surface area contributed by atoms with Gasteiger partial charge >= 0.3 is 0 Å². The third kappa shape index (κ3) is 4.53. The highest BCUT2D eigenvalue weighted by molar-refractivity contribution is 4.89. The molecule has 2 heteroatoms. The van der Waals surface area contributed by atoms with Crippen LogP contribution in [0.2, 0.25) is 0 Å². The molecule has 0 rings (SSSR count). The monoisotopic (exact) mass is 144 g/mol. The molecule has 60 valence electrons. The zero-order valence-electron chi connectivity index (χ0n) is 6.62. The summed E-state index contributed by atoms with van der Waals surface area (Å²) >= 11 is 0. The largest absolute Gasteiger partial charge is 0.396 e. The van der Waals surface area contributed by atoms with Crippen LogP contribution in [0.15, 0.2) is 12.2 Å². The van der Waals surface area contributed by atoms with E-state index < -0.39 is 0 Å². The van der Waals surface area contributed by atoms with Gasteiger partial charge in [0.2, 0.25) is 0 Å². The highest BCUT2D eigenvalue weighted by Crippen LogP contribution is 2.00. The van der Waals surface area contributed by atoms with Crippen molar-refractivity contribution >= 4 is 0 Å². The van der Waals surface area contributed by atoms with E-state index in [9.17, 15) is 0 Å². The van der Waals surface area contributed by atoms with Crippen molar-refractivity contribution in [1.29, 1.82) is 0 Å². The molecule has 0 radical (unpaired) electrons. The molecule has 0 aliphatic heterocycles. The Morgan fingerprint density at radius 1 is 1.00 bits per heavy atom. The molecule has 0 saturated heterocycles. The Labute approximate surface area is 62.2 Å². The molecule has 0 aromatic rings. The van der Waals surface area contributed by atoms with Crippen LogP contribution in [0.25, 0.3) is 0 Å². The molecule has 0 aromatic carbocycles. The second-order valence-corrected chi connectivity index (χ2v) is 2.70. The van der Waals surface area contributed by atoms with Gasteiger partial charge in [-0.05, 0) is 11.8 Å². The van der Waals surface area contributed by atoms with Crippen molar-refractivity contribution in [1.82, 2.24) is 0 Å². The van der Waals surface area contributed by atoms with E-state index in [0.717, 1.165) is 0 Å². The summed E-state index contributed by atoms with van der Waals surface area (Å²) in [5.74, 6) is 0.406. The zero-order chi connectivity index (χ0) is 7.98. The van der Waals surface area contributed by atoms with E-state index >= 15 is 0 Å². The minimum atomic E-state index is 0.175. The summed E-state index contributed by atoms with van der Waals surface area (Å²) in [6.45, 7) is 4.21. The van der Waals surface area contributed by atoms with Crippen LogP contribution < -0.4 is 0 Å². The highest BCUT2D eigenvalue weighted by atomic mass is 16.3. The maximum absolute atomic E-state index is 8.61. The third-order valence-electron chi connectivity index (χ3n) is 1.34. The van der Waals surface area contributed by atoms with E-state index in [1.165, 1.54) is 0 Å². The molecule has 2 unspecified atom stereocenters. The Bertz CT molecular complexity index is 87.4. The van der Waals surface area contributed by atoms with Gasteiger partial charge in [0.05, 0.1) is 0 Å². The van der Waals surface area contributed by atoms with Crippen LogP contribution >= 0.6 is 0 Å². The number of hydrogen-bond acceptors (Lipinski definition) is 2. The molecule has 2 N–H and O–H groups in total. The summed E-state index contributed by atoms with van der Waals surface area (Å²) in [4.78, 5) is 0. The number of aliphatic hydroxyl groups excluding tert-OH is 2. The fourth-order valence-electron chi connectivity index (χ4n) is 0.501. The lowest BCUT2D eigenvalue weighted by Gasteiger charge is -2.02. The Kier molecular flexibility index (Phi) is 5.26. The number of hydrogen-bond donors (Lipinski definition) is 2. The Balaban J connectivity index is 3.52. The standard InChI is InChI=1S/C8H16O2/c1-7(5-9)3-4-8(2)6-10/h3-4,7-10H,5-6H2,1-2H3. The second kappa shape index (κ2) is 5.45. The Hall–Kier alpha value is -0.340. The Morgan fingerprint density at radius 3 is 1.50 bits per heavy atom. The molecule has 0 spiro atoms. The predicted molar refractivity (Wildman–Crippen MR) is 41.6 cm³/mol. The van der Waals surface area contributed by atoms with Crippen LogP contribution in [0, 0.1) is 11.8 Å². The van der Waals surface area contributed by atoms with E-state index in [0.29, 0.717) is 0 Å². The number of rotatable bonds is 4. The smallest absolute Gasteiger partial charge is 0.0491 e. The molecular weight excluding hydrogens is 128 g/mol. The molecule has 0 aromatic heterocycles. The van der Waals surface area contributed by atoms with Crippen molar-refractivity contribution in [2.45, 2.75) is 13.8 Å². The van der Waals surface area contributed by atoms with E-state index in [1.54, 1.807) is 0 Å². The normalized spacial score (nSPS) is 17.6. The van der Waals surface area contributed by atoms with Crippen molar-refractivity contribution < 1.29 is 10.2 Å². The first-order valence-electron chi connectivity index (χ1n) is 3.60. The third-order valence-corrected chi connectivity index (χ3v) is 1.34. The quantitative estimate of drug-likeness (QED) is 0.573. The van der Waals surface area contributed by atoms with Gasteiger partial charge < -0.3 is 10.2 Å².